The summed E-state index contributed by atoms with van der Waals surface area (Å²) in [5.41, 5.74) is 0.692. The average Bonchev–Trinajstić information content (AvgIpc) is 2.98. The third-order valence-electron chi connectivity index (χ3n) is 3.75. The SMILES string of the molecule is CCOC(=O)C1Oc2ccc(C=O)c(B3OCC(C)(C)CO3)c2O1. The predicted octanol–water partition coefficient (Wildman–Crippen LogP) is 0.928. The van der Waals surface area contributed by atoms with Gasteiger partial charge in [-0.1, -0.05) is 13.8 Å². The van der Waals surface area contributed by atoms with Gasteiger partial charge in [-0.15, -0.1) is 0 Å². The van der Waals surface area contributed by atoms with Gasteiger partial charge >= 0.3 is 19.4 Å². The molecule has 2 aliphatic rings. The molecule has 8 heteroatoms. The van der Waals surface area contributed by atoms with E-state index in [1.807, 2.05) is 13.8 Å². The number of carbonyl (C=O) groups is 2. The van der Waals surface area contributed by atoms with E-state index in [2.05, 4.69) is 0 Å². The van der Waals surface area contributed by atoms with Crippen LogP contribution in [0.25, 0.3) is 0 Å². The van der Waals surface area contributed by atoms with Gasteiger partial charge in [-0.3, -0.25) is 4.79 Å². The third-order valence-corrected chi connectivity index (χ3v) is 3.75. The molecule has 0 saturated carbocycles. The van der Waals surface area contributed by atoms with Crippen molar-refractivity contribution in [3.05, 3.63) is 17.7 Å². The Bertz CT molecular complexity index is 648. The molecule has 128 valence electrons. The molecule has 0 aliphatic carbocycles. The number of aldehydes is 1. The quantitative estimate of drug-likeness (QED) is 0.460. The van der Waals surface area contributed by atoms with Gasteiger partial charge in [0.2, 0.25) is 0 Å². The number of ether oxygens (including phenoxy) is 3. The summed E-state index contributed by atoms with van der Waals surface area (Å²) in [6.07, 6.45) is -0.496. The largest absolute Gasteiger partial charge is 0.498 e. The average molecular weight is 334 g/mol. The molecule has 0 radical (unpaired) electrons. The maximum Gasteiger partial charge on any atom is 0.498 e. The van der Waals surface area contributed by atoms with Crippen LogP contribution in [0.4, 0.5) is 0 Å². The second-order valence-electron chi connectivity index (χ2n) is 6.45. The molecule has 0 amide bonds. The van der Waals surface area contributed by atoms with Gasteiger partial charge in [0.15, 0.2) is 11.5 Å². The van der Waals surface area contributed by atoms with Crippen molar-refractivity contribution in [3.63, 3.8) is 0 Å². The van der Waals surface area contributed by atoms with Crippen LogP contribution in [-0.2, 0) is 18.8 Å². The molecule has 0 N–H and O–H groups in total. The van der Waals surface area contributed by atoms with Crippen LogP contribution >= 0.6 is 0 Å². The Hall–Kier alpha value is -2.06. The van der Waals surface area contributed by atoms with E-state index < -0.39 is 19.4 Å². The molecule has 2 heterocycles. The van der Waals surface area contributed by atoms with Crippen molar-refractivity contribution in [1.82, 2.24) is 0 Å². The normalized spacial score (nSPS) is 21.5. The summed E-state index contributed by atoms with van der Waals surface area (Å²) < 4.78 is 27.5. The number of rotatable bonds is 4. The maximum absolute atomic E-state index is 11.8. The molecular weight excluding hydrogens is 315 g/mol. The van der Waals surface area contributed by atoms with Gasteiger partial charge in [0.1, 0.15) is 6.29 Å². The monoisotopic (exact) mass is 334 g/mol. The summed E-state index contributed by atoms with van der Waals surface area (Å²) in [4.78, 5) is 23.3. The van der Waals surface area contributed by atoms with Crippen LogP contribution in [0, 0.1) is 5.41 Å². The summed E-state index contributed by atoms with van der Waals surface area (Å²) in [5.74, 6) is 0.00645. The van der Waals surface area contributed by atoms with Crippen molar-refractivity contribution in [3.8, 4) is 11.5 Å². The zero-order valence-corrected chi connectivity index (χ0v) is 13.9. The Morgan fingerprint density at radius 2 is 2.04 bits per heavy atom. The molecule has 3 rings (SSSR count). The van der Waals surface area contributed by atoms with E-state index in [0.29, 0.717) is 36.3 Å². The minimum atomic E-state index is -1.19. The van der Waals surface area contributed by atoms with Crippen molar-refractivity contribution in [2.75, 3.05) is 19.8 Å². The van der Waals surface area contributed by atoms with E-state index in [0.717, 1.165) is 0 Å². The fourth-order valence-electron chi connectivity index (χ4n) is 2.57. The van der Waals surface area contributed by atoms with Crippen LogP contribution in [0.5, 0.6) is 11.5 Å². The smallest absolute Gasteiger partial charge is 0.460 e. The lowest BCUT2D eigenvalue weighted by Gasteiger charge is -2.33. The zero-order chi connectivity index (χ0) is 17.3. The molecule has 0 bridgehead atoms. The molecule has 1 aromatic carbocycles. The maximum atomic E-state index is 11.8. The highest BCUT2D eigenvalue weighted by molar-refractivity contribution is 6.64. The first-order valence-corrected chi connectivity index (χ1v) is 7.80. The summed E-state index contributed by atoms with van der Waals surface area (Å²) in [6, 6.07) is 3.17. The van der Waals surface area contributed by atoms with Crippen LogP contribution in [-0.4, -0.2) is 45.5 Å². The molecule has 24 heavy (non-hydrogen) atoms. The summed E-state index contributed by atoms with van der Waals surface area (Å²) >= 11 is 0. The van der Waals surface area contributed by atoms with Crippen molar-refractivity contribution in [2.45, 2.75) is 27.1 Å². The highest BCUT2D eigenvalue weighted by Gasteiger charge is 2.42. The van der Waals surface area contributed by atoms with Gasteiger partial charge in [-0.2, -0.15) is 0 Å². The van der Waals surface area contributed by atoms with Gasteiger partial charge in [0.05, 0.1) is 6.61 Å². The number of carbonyl (C=O) groups excluding carboxylic acids is 2. The summed E-state index contributed by atoms with van der Waals surface area (Å²) in [5, 5.41) is 0. The first-order valence-electron chi connectivity index (χ1n) is 7.80. The fraction of sp³-hybridized carbons (Fsp3) is 0.500. The van der Waals surface area contributed by atoms with E-state index in [4.69, 9.17) is 23.5 Å². The van der Waals surface area contributed by atoms with Crippen molar-refractivity contribution in [2.24, 2.45) is 5.41 Å². The van der Waals surface area contributed by atoms with E-state index >= 15 is 0 Å². The minimum Gasteiger partial charge on any atom is -0.460 e. The van der Waals surface area contributed by atoms with Gasteiger partial charge in [0, 0.05) is 29.7 Å². The van der Waals surface area contributed by atoms with Crippen molar-refractivity contribution in [1.29, 1.82) is 0 Å². The molecule has 0 spiro atoms. The van der Waals surface area contributed by atoms with Crippen LogP contribution in [0.1, 0.15) is 31.1 Å². The molecular formula is C16H19BO7. The fourth-order valence-corrected chi connectivity index (χ4v) is 2.57. The molecule has 1 aromatic rings. The van der Waals surface area contributed by atoms with E-state index in [-0.39, 0.29) is 17.8 Å². The molecule has 0 aromatic heterocycles. The first-order chi connectivity index (χ1) is 11.4. The van der Waals surface area contributed by atoms with Gasteiger partial charge in [-0.25, -0.2) is 4.79 Å². The molecule has 2 aliphatic heterocycles. The van der Waals surface area contributed by atoms with Crippen LogP contribution in [0.3, 0.4) is 0 Å². The van der Waals surface area contributed by atoms with E-state index in [9.17, 15) is 9.59 Å². The Morgan fingerprint density at radius 3 is 2.67 bits per heavy atom. The second kappa shape index (κ2) is 6.45. The number of hydrogen-bond acceptors (Lipinski definition) is 7. The molecule has 1 unspecified atom stereocenters. The summed E-state index contributed by atoms with van der Waals surface area (Å²) in [7, 11) is -0.752. The Morgan fingerprint density at radius 1 is 1.33 bits per heavy atom. The predicted molar refractivity (Wildman–Crippen MR) is 84.6 cm³/mol. The standard InChI is InChI=1S/C16H19BO7/c1-4-20-14(19)15-23-11-6-5-10(7-18)12(13(11)24-15)17-21-8-16(2,3)9-22-17/h5-7,15H,4,8-9H2,1-3H3. The lowest BCUT2D eigenvalue weighted by Crippen LogP contribution is -2.49. The highest BCUT2D eigenvalue weighted by atomic mass is 16.7. The molecule has 1 saturated heterocycles. The van der Waals surface area contributed by atoms with E-state index in [1.54, 1.807) is 19.1 Å². The lowest BCUT2D eigenvalue weighted by molar-refractivity contribution is -0.161. The number of hydrogen-bond donors (Lipinski definition) is 0. The second-order valence-corrected chi connectivity index (χ2v) is 6.45. The van der Waals surface area contributed by atoms with E-state index in [1.165, 1.54) is 0 Å². The first kappa shape index (κ1) is 16.8. The van der Waals surface area contributed by atoms with Crippen molar-refractivity contribution >= 4 is 24.8 Å². The highest BCUT2D eigenvalue weighted by Crippen LogP contribution is 2.35. The Balaban J connectivity index is 1.89. The van der Waals surface area contributed by atoms with Crippen LogP contribution in [0.2, 0.25) is 0 Å². The van der Waals surface area contributed by atoms with Gasteiger partial charge in [0.25, 0.3) is 0 Å². The molecule has 7 nitrogen and oxygen atoms in total. The number of benzene rings is 1. The lowest BCUT2D eigenvalue weighted by atomic mass is 9.72. The van der Waals surface area contributed by atoms with Crippen molar-refractivity contribution < 1.29 is 33.1 Å². The minimum absolute atomic E-state index is 0.110. The third kappa shape index (κ3) is 3.11. The number of fused-ring (bicyclic) bond motifs is 1. The van der Waals surface area contributed by atoms with Crippen LogP contribution < -0.4 is 14.9 Å². The molecule has 1 fully saturated rings. The van der Waals surface area contributed by atoms with Crippen LogP contribution in [0.15, 0.2) is 12.1 Å². The Labute approximate surface area is 140 Å². The Kier molecular flexibility index (Phi) is 4.51. The zero-order valence-electron chi connectivity index (χ0n) is 13.9. The number of esters is 1. The van der Waals surface area contributed by atoms with Gasteiger partial charge < -0.3 is 23.5 Å². The topological polar surface area (TPSA) is 80.3 Å². The van der Waals surface area contributed by atoms with Gasteiger partial charge in [-0.05, 0) is 19.1 Å². The summed E-state index contributed by atoms with van der Waals surface area (Å²) in [6.45, 7) is 6.91. The molecule has 1 atom stereocenters.